The SMILES string of the molecule is CC(C#Cc1cc2cccc(Oc3ccc(F)cc3)c2o1)N(O)C(N)=O. The van der Waals surface area contributed by atoms with Crippen molar-refractivity contribution in [3.8, 4) is 23.3 Å². The summed E-state index contributed by atoms with van der Waals surface area (Å²) in [7, 11) is 0. The fraction of sp³-hybridized carbons (Fsp3) is 0.105. The highest BCUT2D eigenvalue weighted by Crippen LogP contribution is 2.32. The number of nitrogens with zero attached hydrogens (tertiary/aromatic N) is 1. The molecule has 0 aliphatic heterocycles. The third kappa shape index (κ3) is 3.77. The van der Waals surface area contributed by atoms with Crippen molar-refractivity contribution in [2.75, 3.05) is 0 Å². The van der Waals surface area contributed by atoms with Crippen molar-refractivity contribution in [2.24, 2.45) is 5.73 Å². The van der Waals surface area contributed by atoms with Crippen LogP contribution in [-0.2, 0) is 0 Å². The van der Waals surface area contributed by atoms with Gasteiger partial charge in [0.1, 0.15) is 17.6 Å². The Bertz CT molecular complexity index is 1000. The molecule has 2 amide bonds. The molecule has 0 saturated heterocycles. The molecule has 0 saturated carbocycles. The molecule has 3 aromatic rings. The lowest BCUT2D eigenvalue weighted by molar-refractivity contribution is -0.0536. The van der Waals surface area contributed by atoms with E-state index < -0.39 is 12.1 Å². The normalized spacial score (nSPS) is 11.5. The summed E-state index contributed by atoms with van der Waals surface area (Å²) < 4.78 is 24.4. The van der Waals surface area contributed by atoms with Crippen LogP contribution in [0.2, 0.25) is 0 Å². The predicted molar refractivity (Wildman–Crippen MR) is 92.2 cm³/mol. The average molecular weight is 354 g/mol. The number of carbonyl (C=O) groups excluding carboxylic acids is 1. The van der Waals surface area contributed by atoms with E-state index in [1.807, 2.05) is 6.07 Å². The monoisotopic (exact) mass is 354 g/mol. The van der Waals surface area contributed by atoms with Gasteiger partial charge in [-0.25, -0.2) is 9.18 Å². The number of urea groups is 1. The summed E-state index contributed by atoms with van der Waals surface area (Å²) in [5.41, 5.74) is 5.45. The Morgan fingerprint density at radius 3 is 2.73 bits per heavy atom. The second-order valence-corrected chi connectivity index (χ2v) is 5.47. The lowest BCUT2D eigenvalue weighted by atomic mass is 10.2. The van der Waals surface area contributed by atoms with Gasteiger partial charge in [0.25, 0.3) is 0 Å². The number of amides is 2. The first-order valence-corrected chi connectivity index (χ1v) is 7.69. The van der Waals surface area contributed by atoms with Gasteiger partial charge in [0.15, 0.2) is 17.1 Å². The van der Waals surface area contributed by atoms with Crippen molar-refractivity contribution in [3.05, 3.63) is 60.1 Å². The maximum Gasteiger partial charge on any atom is 0.339 e. The van der Waals surface area contributed by atoms with Crippen molar-refractivity contribution in [3.63, 3.8) is 0 Å². The molecular weight excluding hydrogens is 339 g/mol. The van der Waals surface area contributed by atoms with Gasteiger partial charge >= 0.3 is 6.03 Å². The summed E-state index contributed by atoms with van der Waals surface area (Å²) in [6, 6.07) is 10.9. The molecule has 0 aliphatic carbocycles. The van der Waals surface area contributed by atoms with Gasteiger partial charge in [0, 0.05) is 11.5 Å². The molecule has 26 heavy (non-hydrogen) atoms. The van der Waals surface area contributed by atoms with Crippen LogP contribution in [0.1, 0.15) is 12.7 Å². The zero-order chi connectivity index (χ0) is 18.7. The summed E-state index contributed by atoms with van der Waals surface area (Å²) in [6.45, 7) is 1.52. The smallest absolute Gasteiger partial charge is 0.339 e. The van der Waals surface area contributed by atoms with E-state index in [9.17, 15) is 14.4 Å². The Morgan fingerprint density at radius 2 is 2.04 bits per heavy atom. The number of primary amides is 1. The number of ether oxygens (including phenoxy) is 1. The Kier molecular flexibility index (Phi) is 4.78. The van der Waals surface area contributed by atoms with Gasteiger partial charge in [-0.2, -0.15) is 5.06 Å². The lowest BCUT2D eigenvalue weighted by Gasteiger charge is -2.14. The van der Waals surface area contributed by atoms with Crippen LogP contribution in [0.15, 0.2) is 52.9 Å². The van der Waals surface area contributed by atoms with Gasteiger partial charge < -0.3 is 14.9 Å². The van der Waals surface area contributed by atoms with Crippen LogP contribution in [0.25, 0.3) is 11.0 Å². The predicted octanol–water partition coefficient (Wildman–Crippen LogP) is 3.87. The zero-order valence-electron chi connectivity index (χ0n) is 13.8. The molecule has 6 nitrogen and oxygen atoms in total. The van der Waals surface area contributed by atoms with Crippen LogP contribution in [0.5, 0.6) is 11.5 Å². The molecule has 0 spiro atoms. The maximum atomic E-state index is 13.0. The number of furan rings is 1. The first-order chi connectivity index (χ1) is 12.4. The zero-order valence-corrected chi connectivity index (χ0v) is 13.8. The molecule has 0 fully saturated rings. The first-order valence-electron chi connectivity index (χ1n) is 7.69. The highest BCUT2D eigenvalue weighted by Gasteiger charge is 2.13. The molecule has 0 aliphatic rings. The Balaban J connectivity index is 1.87. The van der Waals surface area contributed by atoms with Gasteiger partial charge in [0.2, 0.25) is 0 Å². The van der Waals surface area contributed by atoms with E-state index in [2.05, 4.69) is 11.8 Å². The van der Waals surface area contributed by atoms with Crippen LogP contribution >= 0.6 is 0 Å². The average Bonchev–Trinajstić information content (AvgIpc) is 3.05. The fourth-order valence-electron chi connectivity index (χ4n) is 2.24. The van der Waals surface area contributed by atoms with E-state index in [1.54, 1.807) is 18.2 Å². The maximum absolute atomic E-state index is 13.0. The van der Waals surface area contributed by atoms with Gasteiger partial charge in [-0.15, -0.1) is 0 Å². The number of halogens is 1. The minimum atomic E-state index is -0.994. The molecule has 1 atom stereocenters. The Hall–Kier alpha value is -3.50. The second-order valence-electron chi connectivity index (χ2n) is 5.47. The number of hydrogen-bond donors (Lipinski definition) is 2. The fourth-order valence-corrected chi connectivity index (χ4v) is 2.24. The van der Waals surface area contributed by atoms with E-state index in [4.69, 9.17) is 14.9 Å². The molecule has 2 aromatic carbocycles. The second kappa shape index (κ2) is 7.17. The molecular formula is C19H15FN2O4. The number of benzene rings is 2. The topological polar surface area (TPSA) is 88.9 Å². The van der Waals surface area contributed by atoms with E-state index >= 15 is 0 Å². The van der Waals surface area contributed by atoms with Crippen LogP contribution in [0, 0.1) is 17.7 Å². The van der Waals surface area contributed by atoms with Gasteiger partial charge in [0.05, 0.1) is 0 Å². The third-order valence-electron chi connectivity index (χ3n) is 3.55. The molecule has 1 heterocycles. The van der Waals surface area contributed by atoms with Crippen molar-refractivity contribution < 1.29 is 23.5 Å². The number of hydroxylamine groups is 2. The summed E-state index contributed by atoms with van der Waals surface area (Å²) in [5, 5.41) is 10.5. The molecule has 0 bridgehead atoms. The highest BCUT2D eigenvalue weighted by atomic mass is 19.1. The van der Waals surface area contributed by atoms with E-state index in [0.29, 0.717) is 27.9 Å². The molecule has 0 radical (unpaired) electrons. The Morgan fingerprint density at radius 1 is 1.31 bits per heavy atom. The number of nitrogens with two attached hydrogens (primary N) is 1. The number of hydrogen-bond acceptors (Lipinski definition) is 4. The van der Waals surface area contributed by atoms with Crippen molar-refractivity contribution >= 4 is 17.0 Å². The number of fused-ring (bicyclic) bond motifs is 1. The summed E-state index contributed by atoms with van der Waals surface area (Å²) in [6.07, 6.45) is 0. The summed E-state index contributed by atoms with van der Waals surface area (Å²) >= 11 is 0. The van der Waals surface area contributed by atoms with E-state index in [1.165, 1.54) is 31.2 Å². The minimum Gasteiger partial charge on any atom is -0.453 e. The van der Waals surface area contributed by atoms with Crippen LogP contribution in [-0.4, -0.2) is 22.3 Å². The molecule has 1 aromatic heterocycles. The summed E-state index contributed by atoms with van der Waals surface area (Å²) in [5.74, 6) is 6.30. The van der Waals surface area contributed by atoms with Crippen LogP contribution < -0.4 is 10.5 Å². The van der Waals surface area contributed by atoms with Gasteiger partial charge in [-0.3, -0.25) is 5.21 Å². The number of rotatable bonds is 3. The number of carbonyl (C=O) groups is 1. The number of para-hydroxylation sites is 1. The molecule has 132 valence electrons. The molecule has 7 heteroatoms. The quantitative estimate of drug-likeness (QED) is 0.424. The van der Waals surface area contributed by atoms with Gasteiger partial charge in [-0.05, 0) is 43.2 Å². The van der Waals surface area contributed by atoms with E-state index in [-0.39, 0.29) is 5.82 Å². The minimum absolute atomic E-state index is 0.332. The largest absolute Gasteiger partial charge is 0.453 e. The van der Waals surface area contributed by atoms with E-state index in [0.717, 1.165) is 5.39 Å². The first kappa shape index (κ1) is 17.3. The molecule has 3 N–H and O–H groups in total. The van der Waals surface area contributed by atoms with Crippen molar-refractivity contribution in [1.29, 1.82) is 0 Å². The molecule has 1 unspecified atom stereocenters. The van der Waals surface area contributed by atoms with Crippen LogP contribution in [0.4, 0.5) is 9.18 Å². The standard InChI is InChI=1S/C19H15FN2O4/c1-12(22(24)19(21)23)5-8-16-11-13-3-2-4-17(18(13)26-16)25-15-9-6-14(20)7-10-15/h2-4,6-7,9-12,24H,1H3,(H2,21,23). The Labute approximate surface area is 148 Å². The van der Waals surface area contributed by atoms with Crippen LogP contribution in [0.3, 0.4) is 0 Å². The van der Waals surface area contributed by atoms with Crippen molar-refractivity contribution in [2.45, 2.75) is 13.0 Å². The third-order valence-corrected chi connectivity index (χ3v) is 3.55. The van der Waals surface area contributed by atoms with Crippen molar-refractivity contribution in [1.82, 2.24) is 5.06 Å². The van der Waals surface area contributed by atoms with Gasteiger partial charge in [-0.1, -0.05) is 18.1 Å². The molecule has 3 rings (SSSR count). The lowest BCUT2D eigenvalue weighted by Crippen LogP contribution is -2.38. The highest BCUT2D eigenvalue weighted by molar-refractivity contribution is 5.84. The summed E-state index contributed by atoms with van der Waals surface area (Å²) in [4.78, 5) is 10.9.